The second-order valence-electron chi connectivity index (χ2n) is 10.6. The molecule has 0 atom stereocenters. The van der Waals surface area contributed by atoms with Crippen molar-refractivity contribution in [2.45, 2.75) is 155 Å². The summed E-state index contributed by atoms with van der Waals surface area (Å²) in [5, 5.41) is 16.0. The van der Waals surface area contributed by atoms with Crippen molar-refractivity contribution in [2.24, 2.45) is 0 Å². The molecule has 0 saturated carbocycles. The van der Waals surface area contributed by atoms with Crippen LogP contribution >= 0.6 is 31.9 Å². The zero-order chi connectivity index (χ0) is 33.4. The van der Waals surface area contributed by atoms with Crippen molar-refractivity contribution in [3.63, 3.8) is 0 Å². The number of hydrogen-bond acceptors (Lipinski definition) is 7. The van der Waals surface area contributed by atoms with Gasteiger partial charge in [0.2, 0.25) is 0 Å². The molecule has 0 heterocycles. The molecule has 0 unspecified atom stereocenters. The van der Waals surface area contributed by atoms with Crippen LogP contribution in [0, 0.1) is 0 Å². The number of carboxylic acid groups (broad SMARTS) is 2. The van der Waals surface area contributed by atoms with Gasteiger partial charge in [0.25, 0.3) is 0 Å². The van der Waals surface area contributed by atoms with E-state index in [4.69, 9.17) is 34.0 Å². The summed E-state index contributed by atoms with van der Waals surface area (Å²) in [6.45, 7) is 6.41. The lowest BCUT2D eigenvalue weighted by Crippen LogP contribution is -2.09. The summed E-state index contributed by atoms with van der Waals surface area (Å²) < 4.78 is 20.1. The number of carbonyl (C=O) groups excluding carboxylic acids is 2. The van der Waals surface area contributed by atoms with Crippen LogP contribution in [0.4, 0.5) is 14.4 Å². The molecule has 0 aromatic heterocycles. The first-order valence-corrected chi connectivity index (χ1v) is 19.2. The Bertz CT molecular complexity index is 548. The summed E-state index contributed by atoms with van der Waals surface area (Å²) >= 11 is 6.79. The van der Waals surface area contributed by atoms with Gasteiger partial charge in [0, 0.05) is 10.7 Å². The fourth-order valence-electron chi connectivity index (χ4n) is 3.92. The number of hydrogen-bond donors (Lipinski definition) is 2. The number of alkyl halides is 2. The SMILES string of the molecule is CCCCCCCCCOC(=O)OCCCCCCBr.CCCCCCCCCOC(=O)OCCCCCCBr.O=C(O)O. The van der Waals surface area contributed by atoms with Gasteiger partial charge in [-0.05, 0) is 38.5 Å². The molecule has 0 aliphatic heterocycles. The molecule has 9 nitrogen and oxygen atoms in total. The van der Waals surface area contributed by atoms with E-state index >= 15 is 0 Å². The maximum absolute atomic E-state index is 11.3. The smallest absolute Gasteiger partial charge is 0.450 e. The molecule has 0 amide bonds. The van der Waals surface area contributed by atoms with Gasteiger partial charge in [0.1, 0.15) is 0 Å². The predicted octanol–water partition coefficient (Wildman–Crippen LogP) is 11.9. The number of unbranched alkanes of at least 4 members (excludes halogenated alkanes) is 18. The van der Waals surface area contributed by atoms with Gasteiger partial charge >= 0.3 is 18.5 Å². The molecule has 2 N–H and O–H groups in total. The Kier molecular flexibility index (Phi) is 47.1. The lowest BCUT2D eigenvalue weighted by Gasteiger charge is -2.06. The van der Waals surface area contributed by atoms with Crippen molar-refractivity contribution in [1.29, 1.82) is 0 Å². The Hall–Kier alpha value is -1.23. The molecule has 0 radical (unpaired) electrons. The van der Waals surface area contributed by atoms with Crippen LogP contribution in [0.25, 0.3) is 0 Å². The summed E-state index contributed by atoms with van der Waals surface area (Å²) in [6, 6.07) is 0. The third-order valence-electron chi connectivity index (χ3n) is 6.43. The van der Waals surface area contributed by atoms with E-state index in [0.29, 0.717) is 26.4 Å². The zero-order valence-electron chi connectivity index (χ0n) is 27.8. The van der Waals surface area contributed by atoms with Crippen molar-refractivity contribution < 1.29 is 43.5 Å². The first kappa shape index (κ1) is 47.2. The number of rotatable bonds is 28. The molecular formula is C33H64Br2O9. The molecule has 0 saturated heterocycles. The van der Waals surface area contributed by atoms with Crippen molar-refractivity contribution >= 4 is 50.3 Å². The summed E-state index contributed by atoms with van der Waals surface area (Å²) in [6.07, 6.45) is 23.1. The highest BCUT2D eigenvalue weighted by Gasteiger charge is 2.04. The van der Waals surface area contributed by atoms with Crippen LogP contribution in [0.1, 0.15) is 155 Å². The van der Waals surface area contributed by atoms with E-state index in [1.165, 1.54) is 89.9 Å². The number of ether oxygens (including phenoxy) is 4. The Morgan fingerprint density at radius 1 is 0.409 bits per heavy atom. The van der Waals surface area contributed by atoms with Gasteiger partial charge < -0.3 is 29.2 Å². The molecule has 0 fully saturated rings. The number of carbonyl (C=O) groups is 3. The fourth-order valence-corrected chi connectivity index (χ4v) is 4.72. The fraction of sp³-hybridized carbons (Fsp3) is 0.909. The molecule has 0 aromatic rings. The van der Waals surface area contributed by atoms with E-state index in [2.05, 4.69) is 45.7 Å². The molecule has 0 rings (SSSR count). The monoisotopic (exact) mass is 762 g/mol. The van der Waals surface area contributed by atoms with E-state index in [0.717, 1.165) is 62.0 Å². The highest BCUT2D eigenvalue weighted by Crippen LogP contribution is 2.09. The van der Waals surface area contributed by atoms with E-state index in [1.54, 1.807) is 0 Å². The molecular weight excluding hydrogens is 700 g/mol. The standard InChI is InChI=1S/2C16H31BrO3.CH2O3/c2*1-2-3-4-5-6-8-11-14-19-16(18)20-15-12-9-7-10-13-17;2-1(3)4/h2*2-15H2,1H3;(H2,2,3,4). The van der Waals surface area contributed by atoms with Gasteiger partial charge in [-0.15, -0.1) is 0 Å². The van der Waals surface area contributed by atoms with Crippen LogP contribution in [0.5, 0.6) is 0 Å². The average molecular weight is 765 g/mol. The van der Waals surface area contributed by atoms with E-state index in [9.17, 15) is 9.59 Å². The van der Waals surface area contributed by atoms with Gasteiger partial charge in [0.15, 0.2) is 0 Å². The van der Waals surface area contributed by atoms with Gasteiger partial charge in [0.05, 0.1) is 26.4 Å². The molecule has 44 heavy (non-hydrogen) atoms. The summed E-state index contributed by atoms with van der Waals surface area (Å²) in [5.74, 6) is 0. The minimum Gasteiger partial charge on any atom is -0.450 e. The van der Waals surface area contributed by atoms with Crippen molar-refractivity contribution in [3.05, 3.63) is 0 Å². The summed E-state index contributed by atoms with van der Waals surface area (Å²) in [4.78, 5) is 31.1. The van der Waals surface area contributed by atoms with Crippen molar-refractivity contribution in [3.8, 4) is 0 Å². The Balaban J connectivity index is -0.000000680. The van der Waals surface area contributed by atoms with E-state index < -0.39 is 18.5 Å². The molecule has 0 bridgehead atoms. The van der Waals surface area contributed by atoms with Gasteiger partial charge in [-0.1, -0.05) is 148 Å². The van der Waals surface area contributed by atoms with Crippen LogP contribution in [0.15, 0.2) is 0 Å². The highest BCUT2D eigenvalue weighted by molar-refractivity contribution is 9.09. The van der Waals surface area contributed by atoms with E-state index in [-0.39, 0.29) is 0 Å². The minimum atomic E-state index is -1.83. The molecule has 0 spiro atoms. The maximum atomic E-state index is 11.3. The topological polar surface area (TPSA) is 129 Å². The van der Waals surface area contributed by atoms with Crippen LogP contribution in [0.3, 0.4) is 0 Å². The van der Waals surface area contributed by atoms with Gasteiger partial charge in [-0.3, -0.25) is 0 Å². The molecule has 0 aliphatic rings. The maximum Gasteiger partial charge on any atom is 0.508 e. The summed E-state index contributed by atoms with van der Waals surface area (Å²) in [5.41, 5.74) is 0. The zero-order valence-corrected chi connectivity index (χ0v) is 31.0. The van der Waals surface area contributed by atoms with Crippen LogP contribution < -0.4 is 0 Å². The second kappa shape index (κ2) is 43.9. The van der Waals surface area contributed by atoms with Crippen molar-refractivity contribution in [2.75, 3.05) is 37.1 Å². The van der Waals surface area contributed by atoms with Gasteiger partial charge in [-0.2, -0.15) is 0 Å². The molecule has 0 aromatic carbocycles. The molecule has 11 heteroatoms. The Labute approximate surface area is 285 Å². The van der Waals surface area contributed by atoms with Crippen LogP contribution in [-0.2, 0) is 18.9 Å². The normalized spacial score (nSPS) is 10.1. The lowest BCUT2D eigenvalue weighted by molar-refractivity contribution is 0.0520. The largest absolute Gasteiger partial charge is 0.508 e. The van der Waals surface area contributed by atoms with Gasteiger partial charge in [-0.25, -0.2) is 14.4 Å². The molecule has 264 valence electrons. The minimum absolute atomic E-state index is 0.484. The molecule has 0 aliphatic carbocycles. The predicted molar refractivity (Wildman–Crippen MR) is 186 cm³/mol. The van der Waals surface area contributed by atoms with Crippen LogP contribution in [0.2, 0.25) is 0 Å². The van der Waals surface area contributed by atoms with Crippen molar-refractivity contribution in [1.82, 2.24) is 0 Å². The first-order chi connectivity index (χ1) is 21.3. The second-order valence-corrected chi connectivity index (χ2v) is 12.2. The lowest BCUT2D eigenvalue weighted by atomic mass is 10.1. The van der Waals surface area contributed by atoms with E-state index in [1.807, 2.05) is 0 Å². The Morgan fingerprint density at radius 3 is 0.841 bits per heavy atom. The quantitative estimate of drug-likeness (QED) is 0.0454. The summed E-state index contributed by atoms with van der Waals surface area (Å²) in [7, 11) is 0. The third-order valence-corrected chi connectivity index (χ3v) is 7.55. The third kappa shape index (κ3) is 53.3. The highest BCUT2D eigenvalue weighted by atomic mass is 79.9. The first-order valence-electron chi connectivity index (χ1n) is 17.0. The average Bonchev–Trinajstić information content (AvgIpc) is 2.99. The van der Waals surface area contributed by atoms with Crippen LogP contribution in [-0.4, -0.2) is 65.8 Å². The number of halogens is 2. The Morgan fingerprint density at radius 2 is 0.614 bits per heavy atom.